The maximum Gasteiger partial charge on any atom is 0.262 e. The summed E-state index contributed by atoms with van der Waals surface area (Å²) in [4.78, 5) is 36.3. The Kier molecular flexibility index (Phi) is 5.50. The smallest absolute Gasteiger partial charge is 0.262 e. The van der Waals surface area contributed by atoms with Crippen LogP contribution in [0.5, 0.6) is 0 Å². The van der Waals surface area contributed by atoms with Crippen LogP contribution in [-0.2, 0) is 17.8 Å². The van der Waals surface area contributed by atoms with E-state index in [9.17, 15) is 9.59 Å². The van der Waals surface area contributed by atoms with Crippen molar-refractivity contribution in [2.45, 2.75) is 19.4 Å². The fraction of sp³-hybridized carbons (Fsp3) is 0.125. The number of aryl methyl sites for hydroxylation is 1. The fourth-order valence-corrected chi connectivity index (χ4v) is 3.45. The van der Waals surface area contributed by atoms with E-state index in [4.69, 9.17) is 4.42 Å². The van der Waals surface area contributed by atoms with Crippen molar-refractivity contribution in [2.75, 3.05) is 0 Å². The van der Waals surface area contributed by atoms with E-state index in [2.05, 4.69) is 25.4 Å². The number of carbonyl (C=O) groups excluding carboxylic acids is 1. The van der Waals surface area contributed by atoms with Crippen LogP contribution in [0, 0.1) is 0 Å². The van der Waals surface area contributed by atoms with Crippen molar-refractivity contribution < 1.29 is 9.21 Å². The third kappa shape index (κ3) is 4.42. The molecular weight excluding hydrogens is 420 g/mol. The summed E-state index contributed by atoms with van der Waals surface area (Å²) in [5.41, 5.74) is 1.84. The van der Waals surface area contributed by atoms with E-state index in [-0.39, 0.29) is 30.9 Å². The zero-order chi connectivity index (χ0) is 22.6. The standard InChI is InChI=1S/C24H20N6O3/c31-21(25-13-18-14-26-24(33-18)16-7-3-1-4-8-16)12-11-20-28-22-19(23(32)29-20)15-27-30(22)17-9-5-2-6-10-17/h1-10,14-15H,11-13H2,(H,25,31)(H,28,29,32). The molecule has 164 valence electrons. The summed E-state index contributed by atoms with van der Waals surface area (Å²) in [6, 6.07) is 19.0. The molecule has 0 unspecified atom stereocenters. The topological polar surface area (TPSA) is 119 Å². The maximum atomic E-state index is 12.5. The van der Waals surface area contributed by atoms with Gasteiger partial charge >= 0.3 is 0 Å². The van der Waals surface area contributed by atoms with Gasteiger partial charge in [0, 0.05) is 18.4 Å². The molecule has 0 atom stereocenters. The number of aromatic nitrogens is 5. The molecule has 2 N–H and O–H groups in total. The number of para-hydroxylation sites is 1. The third-order valence-corrected chi connectivity index (χ3v) is 5.11. The SMILES string of the molecule is O=C(CCc1nc2c(cnn2-c2ccccc2)c(=O)[nH]1)NCc1cnc(-c2ccccc2)o1. The molecule has 0 bridgehead atoms. The summed E-state index contributed by atoms with van der Waals surface area (Å²) < 4.78 is 7.31. The van der Waals surface area contributed by atoms with E-state index in [1.165, 1.54) is 6.20 Å². The highest BCUT2D eigenvalue weighted by atomic mass is 16.4. The second-order valence-electron chi connectivity index (χ2n) is 7.42. The van der Waals surface area contributed by atoms with Gasteiger partial charge in [0.05, 0.1) is 24.6 Å². The first kappa shape index (κ1) is 20.4. The van der Waals surface area contributed by atoms with Crippen LogP contribution < -0.4 is 10.9 Å². The molecule has 0 aliphatic carbocycles. The molecule has 1 amide bonds. The molecule has 3 heterocycles. The summed E-state index contributed by atoms with van der Waals surface area (Å²) in [6.45, 7) is 0.225. The summed E-state index contributed by atoms with van der Waals surface area (Å²) in [5, 5.41) is 7.49. The normalized spacial score (nSPS) is 11.0. The van der Waals surface area contributed by atoms with Gasteiger partial charge in [0.15, 0.2) is 5.65 Å². The van der Waals surface area contributed by atoms with E-state index in [1.54, 1.807) is 10.9 Å². The van der Waals surface area contributed by atoms with Gasteiger partial charge in [-0.3, -0.25) is 9.59 Å². The summed E-state index contributed by atoms with van der Waals surface area (Å²) >= 11 is 0. The molecule has 5 aromatic rings. The Bertz CT molecular complexity index is 1450. The molecule has 0 aliphatic rings. The molecule has 9 nitrogen and oxygen atoms in total. The van der Waals surface area contributed by atoms with Crippen LogP contribution >= 0.6 is 0 Å². The minimum atomic E-state index is -0.285. The lowest BCUT2D eigenvalue weighted by molar-refractivity contribution is -0.121. The van der Waals surface area contributed by atoms with Crippen molar-refractivity contribution in [1.29, 1.82) is 0 Å². The second kappa shape index (κ2) is 8.91. The number of amides is 1. The Morgan fingerprint density at radius 3 is 2.58 bits per heavy atom. The third-order valence-electron chi connectivity index (χ3n) is 5.11. The van der Waals surface area contributed by atoms with Gasteiger partial charge in [-0.2, -0.15) is 5.10 Å². The van der Waals surface area contributed by atoms with E-state index in [1.807, 2.05) is 60.7 Å². The van der Waals surface area contributed by atoms with Crippen molar-refractivity contribution in [3.8, 4) is 17.1 Å². The Hall–Kier alpha value is -4.53. The number of aromatic amines is 1. The molecule has 0 spiro atoms. The van der Waals surface area contributed by atoms with Gasteiger partial charge in [-0.05, 0) is 24.3 Å². The van der Waals surface area contributed by atoms with Gasteiger partial charge in [-0.15, -0.1) is 0 Å². The van der Waals surface area contributed by atoms with E-state index in [0.717, 1.165) is 11.3 Å². The molecule has 33 heavy (non-hydrogen) atoms. The number of hydrogen-bond acceptors (Lipinski definition) is 6. The van der Waals surface area contributed by atoms with E-state index >= 15 is 0 Å². The van der Waals surface area contributed by atoms with Gasteiger partial charge in [0.25, 0.3) is 5.56 Å². The Morgan fingerprint density at radius 1 is 1.03 bits per heavy atom. The minimum absolute atomic E-state index is 0.160. The number of nitrogens with zero attached hydrogens (tertiary/aromatic N) is 4. The zero-order valence-electron chi connectivity index (χ0n) is 17.6. The van der Waals surface area contributed by atoms with Crippen LogP contribution in [-0.4, -0.2) is 30.6 Å². The molecule has 0 aliphatic heterocycles. The molecular formula is C24H20N6O3. The summed E-state index contributed by atoms with van der Waals surface area (Å²) in [6.07, 6.45) is 3.53. The Labute approximate surface area is 188 Å². The van der Waals surface area contributed by atoms with Gasteiger partial charge in [0.1, 0.15) is 17.0 Å². The molecule has 9 heteroatoms. The lowest BCUT2D eigenvalue weighted by atomic mass is 10.2. The highest BCUT2D eigenvalue weighted by Crippen LogP contribution is 2.18. The van der Waals surface area contributed by atoms with Crippen LogP contribution in [0.1, 0.15) is 18.0 Å². The number of rotatable bonds is 7. The van der Waals surface area contributed by atoms with Crippen molar-refractivity contribution in [2.24, 2.45) is 0 Å². The first-order valence-electron chi connectivity index (χ1n) is 10.5. The largest absolute Gasteiger partial charge is 0.439 e. The van der Waals surface area contributed by atoms with Crippen molar-refractivity contribution in [3.05, 3.63) is 95.0 Å². The lowest BCUT2D eigenvalue weighted by Gasteiger charge is -2.05. The molecule has 0 radical (unpaired) electrons. The van der Waals surface area contributed by atoms with E-state index in [0.29, 0.717) is 28.5 Å². The summed E-state index contributed by atoms with van der Waals surface area (Å²) in [5.74, 6) is 1.30. The Morgan fingerprint density at radius 2 is 1.79 bits per heavy atom. The monoisotopic (exact) mass is 440 g/mol. The number of nitrogens with one attached hydrogen (secondary N) is 2. The number of oxazole rings is 1. The maximum absolute atomic E-state index is 12.5. The summed E-state index contributed by atoms with van der Waals surface area (Å²) in [7, 11) is 0. The molecule has 0 saturated carbocycles. The van der Waals surface area contributed by atoms with Crippen LogP contribution in [0.2, 0.25) is 0 Å². The lowest BCUT2D eigenvalue weighted by Crippen LogP contribution is -2.23. The first-order chi connectivity index (χ1) is 16.2. The predicted octanol–water partition coefficient (Wildman–Crippen LogP) is 3.01. The predicted molar refractivity (Wildman–Crippen MR) is 122 cm³/mol. The number of fused-ring (bicyclic) bond motifs is 1. The average Bonchev–Trinajstić information content (AvgIpc) is 3.50. The highest BCUT2D eigenvalue weighted by molar-refractivity contribution is 5.77. The van der Waals surface area contributed by atoms with Crippen LogP contribution in [0.4, 0.5) is 0 Å². The van der Waals surface area contributed by atoms with Crippen molar-refractivity contribution in [3.63, 3.8) is 0 Å². The molecule has 3 aromatic heterocycles. The molecule has 2 aromatic carbocycles. The molecule has 0 fully saturated rings. The molecule has 0 saturated heterocycles. The number of carbonyl (C=O) groups is 1. The van der Waals surface area contributed by atoms with Crippen LogP contribution in [0.15, 0.2) is 82.3 Å². The van der Waals surface area contributed by atoms with Crippen LogP contribution in [0.3, 0.4) is 0 Å². The van der Waals surface area contributed by atoms with Gasteiger partial charge in [0.2, 0.25) is 11.8 Å². The van der Waals surface area contributed by atoms with E-state index < -0.39 is 0 Å². The minimum Gasteiger partial charge on any atom is -0.439 e. The average molecular weight is 440 g/mol. The molecule has 5 rings (SSSR count). The number of benzene rings is 2. The zero-order valence-corrected chi connectivity index (χ0v) is 17.6. The van der Waals surface area contributed by atoms with Gasteiger partial charge in [-0.25, -0.2) is 14.6 Å². The second-order valence-corrected chi connectivity index (χ2v) is 7.42. The van der Waals surface area contributed by atoms with Crippen molar-refractivity contribution >= 4 is 16.9 Å². The number of hydrogen-bond donors (Lipinski definition) is 2. The van der Waals surface area contributed by atoms with Gasteiger partial charge < -0.3 is 14.7 Å². The van der Waals surface area contributed by atoms with Crippen LogP contribution in [0.25, 0.3) is 28.2 Å². The fourth-order valence-electron chi connectivity index (χ4n) is 3.45. The van der Waals surface area contributed by atoms with Gasteiger partial charge in [-0.1, -0.05) is 36.4 Å². The van der Waals surface area contributed by atoms with Crippen molar-refractivity contribution in [1.82, 2.24) is 30.0 Å². The number of H-pyrrole nitrogens is 1. The quantitative estimate of drug-likeness (QED) is 0.402. The first-order valence-corrected chi connectivity index (χ1v) is 10.5. The highest BCUT2D eigenvalue weighted by Gasteiger charge is 2.13. The Balaban J connectivity index is 1.23.